The first-order chi connectivity index (χ1) is 9.13. The molecule has 0 saturated carbocycles. The van der Waals surface area contributed by atoms with Gasteiger partial charge in [0.25, 0.3) is 0 Å². The Kier molecular flexibility index (Phi) is 4.66. The van der Waals surface area contributed by atoms with Crippen LogP contribution in [0.1, 0.15) is 38.3 Å². The molecule has 3 N–H and O–H groups in total. The predicted molar refractivity (Wildman–Crippen MR) is 76.5 cm³/mol. The molecule has 1 fully saturated rings. The van der Waals surface area contributed by atoms with Crippen molar-refractivity contribution in [3.8, 4) is 11.5 Å². The van der Waals surface area contributed by atoms with E-state index in [0.29, 0.717) is 11.6 Å². The first-order valence-electron chi connectivity index (χ1n) is 7.11. The Morgan fingerprint density at radius 3 is 2.58 bits per heavy atom. The van der Waals surface area contributed by atoms with Crippen LogP contribution >= 0.6 is 0 Å². The number of rotatable bonds is 5. The molecule has 1 aromatic rings. The third-order valence-corrected chi connectivity index (χ3v) is 4.05. The highest BCUT2D eigenvalue weighted by molar-refractivity contribution is 5.44. The molecule has 0 aliphatic carbocycles. The van der Waals surface area contributed by atoms with Crippen molar-refractivity contribution in [3.05, 3.63) is 23.8 Å². The highest BCUT2D eigenvalue weighted by atomic mass is 16.3. The molecule has 0 radical (unpaired) electrons. The van der Waals surface area contributed by atoms with E-state index < -0.39 is 0 Å². The molecule has 1 aromatic carbocycles. The molecule has 1 aliphatic rings. The molecule has 19 heavy (non-hydrogen) atoms. The van der Waals surface area contributed by atoms with Crippen LogP contribution in [0.25, 0.3) is 0 Å². The zero-order valence-electron chi connectivity index (χ0n) is 11.8. The maximum Gasteiger partial charge on any atom is 0.124 e. The second kappa shape index (κ2) is 6.26. The van der Waals surface area contributed by atoms with Gasteiger partial charge >= 0.3 is 0 Å². The van der Waals surface area contributed by atoms with E-state index in [1.807, 2.05) is 6.92 Å². The summed E-state index contributed by atoms with van der Waals surface area (Å²) in [6.07, 6.45) is 2.44. The standard InChI is InChI=1S/C15H24N2O2/c1-3-17(10-12-6-5-9-16-12)11(2)15-13(18)7-4-8-14(15)19/h4,7-8,11-12,16,18-19H,3,5-6,9-10H2,1-2H3. The Labute approximate surface area is 115 Å². The van der Waals surface area contributed by atoms with Gasteiger partial charge in [-0.15, -0.1) is 0 Å². The average Bonchev–Trinajstić information content (AvgIpc) is 2.88. The first kappa shape index (κ1) is 14.2. The van der Waals surface area contributed by atoms with Crippen LogP contribution in [0.15, 0.2) is 18.2 Å². The predicted octanol–water partition coefficient (Wildman–Crippen LogP) is 2.23. The Morgan fingerprint density at radius 1 is 1.37 bits per heavy atom. The Balaban J connectivity index is 2.13. The van der Waals surface area contributed by atoms with E-state index in [4.69, 9.17) is 0 Å². The summed E-state index contributed by atoms with van der Waals surface area (Å²) in [4.78, 5) is 2.29. The van der Waals surface area contributed by atoms with Gasteiger partial charge in [0, 0.05) is 18.6 Å². The second-order valence-electron chi connectivity index (χ2n) is 5.27. The van der Waals surface area contributed by atoms with Crippen LogP contribution in [0, 0.1) is 0 Å². The van der Waals surface area contributed by atoms with E-state index in [1.54, 1.807) is 18.2 Å². The first-order valence-corrected chi connectivity index (χ1v) is 7.11. The van der Waals surface area contributed by atoms with E-state index in [-0.39, 0.29) is 17.5 Å². The van der Waals surface area contributed by atoms with E-state index in [0.717, 1.165) is 19.6 Å². The van der Waals surface area contributed by atoms with Crippen molar-refractivity contribution in [2.24, 2.45) is 0 Å². The smallest absolute Gasteiger partial charge is 0.124 e. The van der Waals surface area contributed by atoms with Crippen LogP contribution in [0.5, 0.6) is 11.5 Å². The van der Waals surface area contributed by atoms with Crippen molar-refractivity contribution < 1.29 is 10.2 Å². The van der Waals surface area contributed by atoms with E-state index in [2.05, 4.69) is 17.1 Å². The van der Waals surface area contributed by atoms with Gasteiger partial charge in [0.15, 0.2) is 0 Å². The Bertz CT molecular complexity index is 396. The number of likely N-dealkylation sites (N-methyl/N-ethyl adjacent to an activating group) is 1. The van der Waals surface area contributed by atoms with Gasteiger partial charge in [0.2, 0.25) is 0 Å². The van der Waals surface area contributed by atoms with Crippen molar-refractivity contribution in [2.45, 2.75) is 38.8 Å². The third-order valence-electron chi connectivity index (χ3n) is 4.05. The van der Waals surface area contributed by atoms with Crippen molar-refractivity contribution in [1.82, 2.24) is 10.2 Å². The summed E-state index contributed by atoms with van der Waals surface area (Å²) in [7, 11) is 0. The molecule has 1 aliphatic heterocycles. The largest absolute Gasteiger partial charge is 0.507 e. The summed E-state index contributed by atoms with van der Waals surface area (Å²) in [5.41, 5.74) is 0.627. The molecule has 0 bridgehead atoms. The number of aromatic hydroxyl groups is 2. The van der Waals surface area contributed by atoms with Crippen LogP contribution in [-0.4, -0.2) is 40.8 Å². The number of hydrogen-bond donors (Lipinski definition) is 3. The summed E-state index contributed by atoms with van der Waals surface area (Å²) >= 11 is 0. The molecular weight excluding hydrogens is 240 g/mol. The van der Waals surface area contributed by atoms with Gasteiger partial charge in [0.05, 0.1) is 5.56 Å². The van der Waals surface area contributed by atoms with E-state index in [9.17, 15) is 10.2 Å². The lowest BCUT2D eigenvalue weighted by Crippen LogP contribution is -2.38. The topological polar surface area (TPSA) is 55.7 Å². The average molecular weight is 264 g/mol. The maximum atomic E-state index is 9.96. The minimum absolute atomic E-state index is 0.00796. The van der Waals surface area contributed by atoms with Crippen molar-refractivity contribution in [1.29, 1.82) is 0 Å². The second-order valence-corrected chi connectivity index (χ2v) is 5.27. The maximum absolute atomic E-state index is 9.96. The summed E-state index contributed by atoms with van der Waals surface area (Å²) in [5, 5.41) is 23.4. The fourth-order valence-corrected chi connectivity index (χ4v) is 2.91. The van der Waals surface area contributed by atoms with Gasteiger partial charge in [-0.2, -0.15) is 0 Å². The normalized spacial score (nSPS) is 20.9. The minimum Gasteiger partial charge on any atom is -0.507 e. The lowest BCUT2D eigenvalue weighted by molar-refractivity contribution is 0.196. The number of hydrogen-bond acceptors (Lipinski definition) is 4. The molecule has 0 aromatic heterocycles. The highest BCUT2D eigenvalue weighted by Gasteiger charge is 2.24. The summed E-state index contributed by atoms with van der Waals surface area (Å²) in [5.74, 6) is 0.343. The minimum atomic E-state index is 0.00796. The van der Waals surface area contributed by atoms with Gasteiger partial charge in [-0.1, -0.05) is 13.0 Å². The van der Waals surface area contributed by atoms with E-state index in [1.165, 1.54) is 12.8 Å². The SMILES string of the molecule is CCN(CC1CCCN1)C(C)c1c(O)cccc1O. The van der Waals surface area contributed by atoms with E-state index >= 15 is 0 Å². The zero-order chi connectivity index (χ0) is 13.8. The Hall–Kier alpha value is -1.26. The number of benzene rings is 1. The Morgan fingerprint density at radius 2 is 2.05 bits per heavy atom. The van der Waals surface area contributed by atoms with Gasteiger partial charge < -0.3 is 15.5 Å². The molecule has 2 rings (SSSR count). The monoisotopic (exact) mass is 264 g/mol. The van der Waals surface area contributed by atoms with Crippen molar-refractivity contribution in [3.63, 3.8) is 0 Å². The quantitative estimate of drug-likeness (QED) is 0.763. The highest BCUT2D eigenvalue weighted by Crippen LogP contribution is 2.35. The van der Waals surface area contributed by atoms with Crippen molar-refractivity contribution in [2.75, 3.05) is 19.6 Å². The van der Waals surface area contributed by atoms with Gasteiger partial charge in [0.1, 0.15) is 11.5 Å². The van der Waals surface area contributed by atoms with Crippen LogP contribution in [0.2, 0.25) is 0 Å². The van der Waals surface area contributed by atoms with Gasteiger partial charge in [-0.25, -0.2) is 0 Å². The van der Waals surface area contributed by atoms with Crippen LogP contribution < -0.4 is 5.32 Å². The molecule has 2 atom stereocenters. The van der Waals surface area contributed by atoms with Crippen LogP contribution in [0.3, 0.4) is 0 Å². The fourth-order valence-electron chi connectivity index (χ4n) is 2.91. The summed E-state index contributed by atoms with van der Waals surface area (Å²) in [6, 6.07) is 5.46. The zero-order valence-corrected chi connectivity index (χ0v) is 11.8. The summed E-state index contributed by atoms with van der Waals surface area (Å²) < 4.78 is 0. The number of phenols is 2. The molecule has 4 heteroatoms. The molecule has 1 heterocycles. The molecule has 106 valence electrons. The molecule has 4 nitrogen and oxygen atoms in total. The molecular formula is C15H24N2O2. The fraction of sp³-hybridized carbons (Fsp3) is 0.600. The number of nitrogens with one attached hydrogen (secondary N) is 1. The van der Waals surface area contributed by atoms with Crippen molar-refractivity contribution >= 4 is 0 Å². The molecule has 2 unspecified atom stereocenters. The summed E-state index contributed by atoms with van der Waals surface area (Å²) in [6.45, 7) is 7.09. The lowest BCUT2D eigenvalue weighted by Gasteiger charge is -2.31. The molecule has 1 saturated heterocycles. The van der Waals surface area contributed by atoms with Gasteiger partial charge in [-0.05, 0) is 45.0 Å². The molecule has 0 amide bonds. The number of phenolic OH excluding ortho intramolecular Hbond substituents is 2. The van der Waals surface area contributed by atoms with Gasteiger partial charge in [-0.3, -0.25) is 4.90 Å². The number of nitrogens with zero attached hydrogens (tertiary/aromatic N) is 1. The van der Waals surface area contributed by atoms with Crippen LogP contribution in [-0.2, 0) is 0 Å². The lowest BCUT2D eigenvalue weighted by atomic mass is 10.0. The molecule has 0 spiro atoms. The third kappa shape index (κ3) is 3.19. The van der Waals surface area contributed by atoms with Crippen LogP contribution in [0.4, 0.5) is 0 Å².